The minimum Gasteiger partial charge on any atom is -0.476 e. The highest BCUT2D eigenvalue weighted by atomic mass is 16.4. The molecule has 0 atom stereocenters. The summed E-state index contributed by atoms with van der Waals surface area (Å²) in [6, 6.07) is 0. The molecule has 0 saturated carbocycles. The average molecular weight is 138 g/mol. The van der Waals surface area contributed by atoms with Gasteiger partial charge in [-0.25, -0.2) is 9.79 Å². The van der Waals surface area contributed by atoms with Gasteiger partial charge in [-0.05, 0) is 6.08 Å². The van der Waals surface area contributed by atoms with Gasteiger partial charge in [0.15, 0.2) is 5.70 Å². The normalized spacial score (nSPS) is 15.4. The van der Waals surface area contributed by atoms with Crippen LogP contribution in [0.4, 0.5) is 0 Å². The summed E-state index contributed by atoms with van der Waals surface area (Å²) < 4.78 is 0. The molecule has 1 aliphatic rings. The second-order valence-corrected chi connectivity index (χ2v) is 1.64. The van der Waals surface area contributed by atoms with Gasteiger partial charge in [-0.15, -0.1) is 0 Å². The van der Waals surface area contributed by atoms with Gasteiger partial charge in [-0.3, -0.25) is 0 Å². The lowest BCUT2D eigenvalue weighted by Crippen LogP contribution is -2.01. The van der Waals surface area contributed by atoms with E-state index in [0.29, 0.717) is 0 Å². The van der Waals surface area contributed by atoms with E-state index in [4.69, 9.17) is 5.11 Å². The first kappa shape index (κ1) is 6.54. The number of nitrogens with zero attached hydrogens (tertiary/aromatic N) is 1. The lowest BCUT2D eigenvalue weighted by Gasteiger charge is -1.89. The number of carboxylic acid groups (broad SMARTS) is 1. The van der Waals surface area contributed by atoms with Gasteiger partial charge in [0.25, 0.3) is 0 Å². The molecule has 0 unspecified atom stereocenters. The van der Waals surface area contributed by atoms with Crippen molar-refractivity contribution < 1.29 is 9.90 Å². The van der Waals surface area contributed by atoms with E-state index < -0.39 is 5.97 Å². The summed E-state index contributed by atoms with van der Waals surface area (Å²) in [6.45, 7) is 0. The summed E-state index contributed by atoms with van der Waals surface area (Å²) in [5.41, 5.74) is 0.00463. The van der Waals surface area contributed by atoms with Gasteiger partial charge >= 0.3 is 5.97 Å². The predicted molar refractivity (Wildman–Crippen MR) is 36.5 cm³/mol. The summed E-state index contributed by atoms with van der Waals surface area (Å²) in [4.78, 5) is 13.9. The van der Waals surface area contributed by atoms with Crippen molar-refractivity contribution in [3.05, 3.63) is 24.2 Å². The summed E-state index contributed by atoms with van der Waals surface area (Å²) in [7, 11) is 0. The SMILES string of the molecule is O=C(O)C1=CNC=CC=N1. The summed E-state index contributed by atoms with van der Waals surface area (Å²) in [5.74, 6) is -1.03. The van der Waals surface area contributed by atoms with Crippen LogP contribution >= 0.6 is 0 Å². The van der Waals surface area contributed by atoms with Gasteiger partial charge in [0.1, 0.15) is 0 Å². The van der Waals surface area contributed by atoms with E-state index in [1.165, 1.54) is 12.4 Å². The Morgan fingerprint density at radius 1 is 1.70 bits per heavy atom. The molecule has 0 saturated heterocycles. The van der Waals surface area contributed by atoms with Crippen LogP contribution in [0.25, 0.3) is 0 Å². The number of aliphatic imine (C=N–C) groups is 1. The zero-order valence-electron chi connectivity index (χ0n) is 5.11. The van der Waals surface area contributed by atoms with Crippen LogP contribution in [0.1, 0.15) is 0 Å². The van der Waals surface area contributed by atoms with E-state index in [9.17, 15) is 4.79 Å². The first-order chi connectivity index (χ1) is 4.80. The molecule has 52 valence electrons. The Balaban J connectivity index is 2.78. The highest BCUT2D eigenvalue weighted by molar-refractivity contribution is 5.89. The van der Waals surface area contributed by atoms with Crippen LogP contribution in [-0.2, 0) is 4.79 Å². The Morgan fingerprint density at radius 2 is 2.50 bits per heavy atom. The number of hydrogen-bond donors (Lipinski definition) is 2. The third kappa shape index (κ3) is 1.45. The van der Waals surface area contributed by atoms with Crippen LogP contribution in [0.5, 0.6) is 0 Å². The lowest BCUT2D eigenvalue weighted by molar-refractivity contribution is -0.132. The number of allylic oxidation sites excluding steroid dienone is 1. The fourth-order valence-corrected chi connectivity index (χ4v) is 0.503. The average Bonchev–Trinajstić information content (AvgIpc) is 2.12. The van der Waals surface area contributed by atoms with Crippen LogP contribution in [0, 0.1) is 0 Å². The second kappa shape index (κ2) is 2.82. The van der Waals surface area contributed by atoms with E-state index in [-0.39, 0.29) is 5.70 Å². The van der Waals surface area contributed by atoms with E-state index >= 15 is 0 Å². The zero-order valence-corrected chi connectivity index (χ0v) is 5.11. The maximum Gasteiger partial charge on any atom is 0.356 e. The summed E-state index contributed by atoms with van der Waals surface area (Å²) in [6.07, 6.45) is 5.95. The van der Waals surface area contributed by atoms with Crippen molar-refractivity contribution in [3.8, 4) is 0 Å². The van der Waals surface area contributed by atoms with E-state index in [1.54, 1.807) is 12.3 Å². The molecule has 4 nitrogen and oxygen atoms in total. The van der Waals surface area contributed by atoms with Crippen LogP contribution < -0.4 is 5.32 Å². The number of carbonyl (C=O) groups is 1. The number of aliphatic carboxylic acids is 1. The Labute approximate surface area is 57.6 Å². The third-order valence-corrected chi connectivity index (χ3v) is 0.931. The molecule has 0 aromatic heterocycles. The second-order valence-electron chi connectivity index (χ2n) is 1.64. The highest BCUT2D eigenvalue weighted by Crippen LogP contribution is 1.95. The van der Waals surface area contributed by atoms with E-state index in [1.807, 2.05) is 0 Å². The summed E-state index contributed by atoms with van der Waals surface area (Å²) in [5, 5.41) is 11.0. The molecule has 10 heavy (non-hydrogen) atoms. The van der Waals surface area contributed by atoms with Crippen molar-refractivity contribution >= 4 is 12.2 Å². The van der Waals surface area contributed by atoms with Gasteiger partial charge in [-0.2, -0.15) is 0 Å². The van der Waals surface area contributed by atoms with Crippen molar-refractivity contribution in [2.24, 2.45) is 4.99 Å². The molecular formula is C6H6N2O2. The predicted octanol–water partition coefficient (Wildman–Crippen LogP) is 0.100. The van der Waals surface area contributed by atoms with Crippen LogP contribution in [0.2, 0.25) is 0 Å². The van der Waals surface area contributed by atoms with Crippen LogP contribution in [-0.4, -0.2) is 17.3 Å². The maximum atomic E-state index is 10.3. The van der Waals surface area contributed by atoms with Gasteiger partial charge in [0, 0.05) is 18.6 Å². The fraction of sp³-hybridized carbons (Fsp3) is 0. The molecule has 0 aromatic carbocycles. The highest BCUT2D eigenvalue weighted by Gasteiger charge is 2.03. The minimum absolute atomic E-state index is 0.00463. The molecule has 1 rings (SSSR count). The zero-order chi connectivity index (χ0) is 7.40. The molecule has 0 spiro atoms. The van der Waals surface area contributed by atoms with Crippen LogP contribution in [0.15, 0.2) is 29.2 Å². The number of hydrogen-bond acceptors (Lipinski definition) is 3. The molecule has 2 N–H and O–H groups in total. The van der Waals surface area contributed by atoms with Crippen LogP contribution in [0.3, 0.4) is 0 Å². The van der Waals surface area contributed by atoms with E-state index in [0.717, 1.165) is 0 Å². The minimum atomic E-state index is -1.03. The molecule has 0 bridgehead atoms. The molecule has 0 aromatic rings. The summed E-state index contributed by atoms with van der Waals surface area (Å²) >= 11 is 0. The first-order valence-corrected chi connectivity index (χ1v) is 2.69. The quantitative estimate of drug-likeness (QED) is 0.540. The molecule has 0 fully saturated rings. The lowest BCUT2D eigenvalue weighted by atomic mass is 10.5. The van der Waals surface area contributed by atoms with Gasteiger partial charge in [-0.1, -0.05) is 0 Å². The maximum absolute atomic E-state index is 10.3. The number of carboxylic acids is 1. The number of rotatable bonds is 1. The van der Waals surface area contributed by atoms with Crippen molar-refractivity contribution in [3.63, 3.8) is 0 Å². The molecule has 1 heterocycles. The standard InChI is InChI=1S/C6H6N2O2/c9-6(10)5-4-7-2-1-3-8-5/h1-4,7H,(H,9,10). The molecular weight excluding hydrogens is 132 g/mol. The third-order valence-electron chi connectivity index (χ3n) is 0.931. The van der Waals surface area contributed by atoms with Crippen molar-refractivity contribution in [2.75, 3.05) is 0 Å². The van der Waals surface area contributed by atoms with Crippen molar-refractivity contribution in [2.45, 2.75) is 0 Å². The molecule has 0 radical (unpaired) electrons. The number of nitrogens with one attached hydrogen (secondary N) is 1. The van der Waals surface area contributed by atoms with Crippen molar-refractivity contribution in [1.82, 2.24) is 5.32 Å². The van der Waals surface area contributed by atoms with E-state index in [2.05, 4.69) is 10.3 Å². The largest absolute Gasteiger partial charge is 0.476 e. The van der Waals surface area contributed by atoms with Gasteiger partial charge in [0.05, 0.1) is 0 Å². The monoisotopic (exact) mass is 138 g/mol. The molecule has 4 heteroatoms. The molecule has 1 aliphatic heterocycles. The Kier molecular flexibility index (Phi) is 1.84. The Hall–Kier alpha value is -1.58. The Bertz CT molecular complexity index is 228. The Morgan fingerprint density at radius 3 is 3.20 bits per heavy atom. The smallest absolute Gasteiger partial charge is 0.356 e. The fourth-order valence-electron chi connectivity index (χ4n) is 0.503. The van der Waals surface area contributed by atoms with Crippen molar-refractivity contribution in [1.29, 1.82) is 0 Å². The van der Waals surface area contributed by atoms with Gasteiger partial charge in [0.2, 0.25) is 0 Å². The molecule has 0 amide bonds. The topological polar surface area (TPSA) is 61.7 Å². The van der Waals surface area contributed by atoms with Gasteiger partial charge < -0.3 is 10.4 Å². The molecule has 0 aliphatic carbocycles. The first-order valence-electron chi connectivity index (χ1n) is 2.69.